The molecule has 0 atom stereocenters. The lowest BCUT2D eigenvalue weighted by atomic mass is 9.67. The number of rotatable bonds is 10. The van der Waals surface area contributed by atoms with Crippen molar-refractivity contribution >= 4 is 25.3 Å². The van der Waals surface area contributed by atoms with Crippen LogP contribution < -0.4 is 9.47 Å². The van der Waals surface area contributed by atoms with Crippen LogP contribution in [-0.2, 0) is 5.41 Å². The molecule has 222 valence electrons. The van der Waals surface area contributed by atoms with E-state index in [4.69, 9.17) is 9.47 Å². The number of thiol groups is 2. The van der Waals surface area contributed by atoms with E-state index in [-0.39, 0.29) is 0 Å². The Morgan fingerprint density at radius 2 is 0.822 bits per heavy atom. The Morgan fingerprint density at radius 3 is 1.24 bits per heavy atom. The molecular weight excluding hydrogens is 589 g/mol. The average Bonchev–Trinajstić information content (AvgIpc) is 3.41. The van der Waals surface area contributed by atoms with Gasteiger partial charge < -0.3 is 9.47 Å². The Morgan fingerprint density at radius 1 is 0.422 bits per heavy atom. The molecule has 0 unspecified atom stereocenters. The fourth-order valence-electron chi connectivity index (χ4n) is 6.80. The zero-order valence-electron chi connectivity index (χ0n) is 24.9. The summed E-state index contributed by atoms with van der Waals surface area (Å²) in [7, 11) is 0. The van der Waals surface area contributed by atoms with Gasteiger partial charge in [-0.25, -0.2) is 0 Å². The molecule has 0 bridgehead atoms. The Kier molecular flexibility index (Phi) is 8.43. The monoisotopic (exact) mass is 622 g/mol. The minimum atomic E-state index is -0.579. The first kappa shape index (κ1) is 29.3. The first-order valence-corrected chi connectivity index (χ1v) is 16.6. The van der Waals surface area contributed by atoms with Crippen LogP contribution in [0.15, 0.2) is 146 Å². The first-order valence-electron chi connectivity index (χ1n) is 15.3. The molecule has 1 aliphatic rings. The highest BCUT2D eigenvalue weighted by molar-refractivity contribution is 7.80. The predicted molar refractivity (Wildman–Crippen MR) is 193 cm³/mol. The van der Waals surface area contributed by atoms with E-state index >= 15 is 0 Å². The molecule has 2 nitrogen and oxygen atoms in total. The first-order chi connectivity index (χ1) is 22.3. The van der Waals surface area contributed by atoms with E-state index in [0.29, 0.717) is 24.7 Å². The van der Waals surface area contributed by atoms with E-state index in [1.807, 2.05) is 0 Å². The number of fused-ring (bicyclic) bond motifs is 3. The molecule has 0 heterocycles. The quantitative estimate of drug-likeness (QED) is 0.148. The van der Waals surface area contributed by atoms with Gasteiger partial charge >= 0.3 is 0 Å². The molecule has 0 amide bonds. The van der Waals surface area contributed by atoms with Crippen LogP contribution in [-0.4, -0.2) is 24.7 Å². The molecule has 0 saturated carbocycles. The molecule has 0 fully saturated rings. The van der Waals surface area contributed by atoms with Crippen LogP contribution in [0, 0.1) is 0 Å². The normalized spacial score (nSPS) is 12.8. The highest BCUT2D eigenvalue weighted by atomic mass is 32.1. The van der Waals surface area contributed by atoms with Gasteiger partial charge in [0.05, 0.1) is 18.6 Å². The molecule has 0 radical (unpaired) electrons. The number of ether oxygens (including phenoxy) is 2. The van der Waals surface area contributed by atoms with Crippen LogP contribution in [0.4, 0.5) is 0 Å². The lowest BCUT2D eigenvalue weighted by Gasteiger charge is -2.35. The molecule has 7 rings (SSSR count). The van der Waals surface area contributed by atoms with Crippen molar-refractivity contribution in [3.05, 3.63) is 168 Å². The van der Waals surface area contributed by atoms with E-state index in [0.717, 1.165) is 33.8 Å². The van der Waals surface area contributed by atoms with Crippen LogP contribution in [0.25, 0.3) is 33.4 Å². The number of benzene rings is 6. The topological polar surface area (TPSA) is 18.5 Å². The van der Waals surface area contributed by atoms with Crippen LogP contribution in [0.5, 0.6) is 11.5 Å². The third-order valence-corrected chi connectivity index (χ3v) is 9.01. The van der Waals surface area contributed by atoms with Crippen LogP contribution in [0.2, 0.25) is 0 Å². The Hall–Kier alpha value is -4.38. The molecule has 0 aliphatic heterocycles. The van der Waals surface area contributed by atoms with Crippen LogP contribution >= 0.6 is 25.3 Å². The van der Waals surface area contributed by atoms with Crippen molar-refractivity contribution in [1.82, 2.24) is 0 Å². The van der Waals surface area contributed by atoms with Crippen molar-refractivity contribution in [2.45, 2.75) is 5.41 Å². The van der Waals surface area contributed by atoms with E-state index in [1.165, 1.54) is 33.4 Å². The molecule has 6 aromatic carbocycles. The van der Waals surface area contributed by atoms with Crippen LogP contribution in [0.3, 0.4) is 0 Å². The summed E-state index contributed by atoms with van der Waals surface area (Å²) in [5.74, 6) is 3.00. The average molecular weight is 623 g/mol. The van der Waals surface area contributed by atoms with E-state index in [2.05, 4.69) is 171 Å². The minimum absolute atomic E-state index is 0.535. The highest BCUT2D eigenvalue weighted by Crippen LogP contribution is 2.57. The standard InChI is InChI=1S/C41H34O2S2/c44-25-23-42-39-21-19-31(27-35(39)29-11-3-1-4-12-29)41(37-17-9-7-15-33(37)34-16-8-10-18-38(34)41)32-20-22-40(43-24-26-45)36(28-32)30-13-5-2-6-14-30/h1-22,27-28,44-45H,23-26H2. The van der Waals surface area contributed by atoms with Gasteiger partial charge in [-0.15, -0.1) is 0 Å². The number of hydrogen-bond acceptors (Lipinski definition) is 4. The zero-order valence-corrected chi connectivity index (χ0v) is 26.7. The van der Waals surface area contributed by atoms with E-state index in [1.54, 1.807) is 0 Å². The zero-order chi connectivity index (χ0) is 30.6. The van der Waals surface area contributed by atoms with Gasteiger partial charge in [0, 0.05) is 22.6 Å². The van der Waals surface area contributed by atoms with Crippen molar-refractivity contribution in [2.75, 3.05) is 24.7 Å². The lowest BCUT2D eigenvalue weighted by Crippen LogP contribution is -2.29. The summed E-state index contributed by atoms with van der Waals surface area (Å²) in [5.41, 5.74) is 11.2. The van der Waals surface area contributed by atoms with Gasteiger partial charge in [-0.2, -0.15) is 25.3 Å². The SMILES string of the molecule is SCCOc1ccc(C2(c3ccc(OCCS)c(-c4ccccc4)c3)c3ccccc3-c3ccccc32)cc1-c1ccccc1. The van der Waals surface area contributed by atoms with Gasteiger partial charge in [0.2, 0.25) is 0 Å². The summed E-state index contributed by atoms with van der Waals surface area (Å²) in [5, 5.41) is 0. The summed E-state index contributed by atoms with van der Waals surface area (Å²) in [6.07, 6.45) is 0. The maximum atomic E-state index is 6.27. The van der Waals surface area contributed by atoms with Gasteiger partial charge in [-0.1, -0.05) is 121 Å². The molecule has 4 heteroatoms. The highest BCUT2D eigenvalue weighted by Gasteiger charge is 2.46. The molecular formula is C41H34O2S2. The molecule has 0 saturated heterocycles. The minimum Gasteiger partial charge on any atom is -0.492 e. The van der Waals surface area contributed by atoms with Crippen LogP contribution in [0.1, 0.15) is 22.3 Å². The Labute approximate surface area is 276 Å². The summed E-state index contributed by atoms with van der Waals surface area (Å²) in [6.45, 7) is 1.07. The molecule has 45 heavy (non-hydrogen) atoms. The second-order valence-electron chi connectivity index (χ2n) is 11.1. The maximum Gasteiger partial charge on any atom is 0.127 e. The fourth-order valence-corrected chi connectivity index (χ4v) is 6.98. The smallest absolute Gasteiger partial charge is 0.127 e. The predicted octanol–water partition coefficient (Wildman–Crippen LogP) is 10.0. The maximum absolute atomic E-state index is 6.27. The largest absolute Gasteiger partial charge is 0.492 e. The third-order valence-electron chi connectivity index (χ3n) is 8.64. The van der Waals surface area contributed by atoms with E-state index < -0.39 is 5.41 Å². The second-order valence-corrected chi connectivity index (χ2v) is 12.0. The van der Waals surface area contributed by atoms with Gasteiger partial charge in [0.1, 0.15) is 11.5 Å². The second kappa shape index (κ2) is 12.9. The molecule has 0 N–H and O–H groups in total. The summed E-state index contributed by atoms with van der Waals surface area (Å²) >= 11 is 8.83. The van der Waals surface area contributed by atoms with Crippen molar-refractivity contribution < 1.29 is 9.47 Å². The summed E-state index contributed by atoms with van der Waals surface area (Å²) in [6, 6.07) is 52.1. The number of hydrogen-bond donors (Lipinski definition) is 2. The van der Waals surface area contributed by atoms with E-state index in [9.17, 15) is 0 Å². The lowest BCUT2D eigenvalue weighted by molar-refractivity contribution is 0.345. The summed E-state index contributed by atoms with van der Waals surface area (Å²) in [4.78, 5) is 0. The summed E-state index contributed by atoms with van der Waals surface area (Å²) < 4.78 is 12.5. The molecule has 0 spiro atoms. The van der Waals surface area contributed by atoms with Gasteiger partial charge in [-0.05, 0) is 68.8 Å². The van der Waals surface area contributed by atoms with Crippen molar-refractivity contribution in [1.29, 1.82) is 0 Å². The molecule has 6 aromatic rings. The van der Waals surface area contributed by atoms with Gasteiger partial charge in [-0.3, -0.25) is 0 Å². The van der Waals surface area contributed by atoms with Crippen molar-refractivity contribution in [3.63, 3.8) is 0 Å². The van der Waals surface area contributed by atoms with Gasteiger partial charge in [0.15, 0.2) is 0 Å². The Bertz CT molecular complexity index is 1790. The fraction of sp³-hybridized carbons (Fsp3) is 0.122. The van der Waals surface area contributed by atoms with Crippen molar-refractivity contribution in [2.24, 2.45) is 0 Å². The molecule has 0 aromatic heterocycles. The Balaban J connectivity index is 1.55. The molecule has 1 aliphatic carbocycles. The van der Waals surface area contributed by atoms with Gasteiger partial charge in [0.25, 0.3) is 0 Å². The van der Waals surface area contributed by atoms with Crippen molar-refractivity contribution in [3.8, 4) is 44.9 Å². The third kappa shape index (κ3) is 5.22.